The van der Waals surface area contributed by atoms with E-state index < -0.39 is 0 Å². The van der Waals surface area contributed by atoms with Crippen molar-refractivity contribution in [3.63, 3.8) is 0 Å². The topological polar surface area (TPSA) is 12.0 Å². The normalized spacial score (nSPS) is 13.6. The predicted octanol–water partition coefficient (Wildman–Crippen LogP) is 5.09. The Bertz CT molecular complexity index is 412. The number of hydrogen-bond acceptors (Lipinski definition) is 1. The first kappa shape index (κ1) is 16.2. The van der Waals surface area contributed by atoms with Gasteiger partial charge in [-0.15, -0.1) is 0 Å². The summed E-state index contributed by atoms with van der Waals surface area (Å²) in [5.74, 6) is 0. The zero-order chi connectivity index (χ0) is 14.6. The lowest BCUT2D eigenvalue weighted by molar-refractivity contribution is 0.311. The molecule has 0 aliphatic heterocycles. The van der Waals surface area contributed by atoms with Gasteiger partial charge in [0.15, 0.2) is 0 Å². The van der Waals surface area contributed by atoms with Crippen molar-refractivity contribution in [3.8, 4) is 0 Å². The molecule has 0 aliphatic carbocycles. The minimum Gasteiger partial charge on any atom is -0.310 e. The zero-order valence-electron chi connectivity index (χ0n) is 13.9. The number of benzene rings is 1. The fourth-order valence-corrected chi connectivity index (χ4v) is 2.58. The summed E-state index contributed by atoms with van der Waals surface area (Å²) >= 11 is 0. The summed E-state index contributed by atoms with van der Waals surface area (Å²) in [7, 11) is 0. The maximum atomic E-state index is 3.73. The Labute approximate surface area is 119 Å². The predicted molar refractivity (Wildman–Crippen MR) is 85.8 cm³/mol. The third-order valence-corrected chi connectivity index (χ3v) is 3.72. The van der Waals surface area contributed by atoms with Crippen LogP contribution in [0.25, 0.3) is 0 Å². The smallest absolute Gasteiger partial charge is 0.0327 e. The third-order valence-electron chi connectivity index (χ3n) is 3.72. The lowest BCUT2D eigenvalue weighted by Gasteiger charge is -2.29. The van der Waals surface area contributed by atoms with E-state index in [0.717, 1.165) is 6.54 Å². The van der Waals surface area contributed by atoms with E-state index in [2.05, 4.69) is 65.9 Å². The Morgan fingerprint density at radius 2 is 1.58 bits per heavy atom. The van der Waals surface area contributed by atoms with Crippen LogP contribution in [0.1, 0.15) is 68.8 Å². The van der Waals surface area contributed by atoms with Gasteiger partial charge in [-0.25, -0.2) is 0 Å². The molecular formula is C18H31N. The number of aryl methyl sites for hydroxylation is 3. The van der Waals surface area contributed by atoms with Crippen molar-refractivity contribution in [3.05, 3.63) is 34.4 Å². The van der Waals surface area contributed by atoms with Crippen LogP contribution in [0, 0.1) is 26.2 Å². The van der Waals surface area contributed by atoms with Gasteiger partial charge < -0.3 is 5.32 Å². The standard InChI is InChI=1S/C18H31N/c1-8-9-19-17(12-18(5,6)7)16-11-14(3)13(2)10-15(16)4/h10-11,17,19H,8-9,12H2,1-7H3. The first-order chi connectivity index (χ1) is 8.74. The highest BCUT2D eigenvalue weighted by Gasteiger charge is 2.21. The van der Waals surface area contributed by atoms with Crippen molar-refractivity contribution < 1.29 is 0 Å². The molecule has 19 heavy (non-hydrogen) atoms. The van der Waals surface area contributed by atoms with Crippen LogP contribution in [-0.2, 0) is 0 Å². The maximum Gasteiger partial charge on any atom is 0.0327 e. The highest BCUT2D eigenvalue weighted by Crippen LogP contribution is 2.32. The van der Waals surface area contributed by atoms with Gasteiger partial charge in [-0.3, -0.25) is 0 Å². The molecule has 1 N–H and O–H groups in total. The first-order valence-electron chi connectivity index (χ1n) is 7.55. The molecule has 0 saturated heterocycles. The van der Waals surface area contributed by atoms with Crippen LogP contribution in [0.5, 0.6) is 0 Å². The van der Waals surface area contributed by atoms with E-state index in [1.807, 2.05) is 0 Å². The van der Waals surface area contributed by atoms with E-state index in [9.17, 15) is 0 Å². The van der Waals surface area contributed by atoms with E-state index in [1.165, 1.54) is 35.1 Å². The molecule has 0 aromatic heterocycles. The molecule has 0 radical (unpaired) electrons. The van der Waals surface area contributed by atoms with Gasteiger partial charge in [-0.05, 0) is 67.8 Å². The first-order valence-corrected chi connectivity index (χ1v) is 7.55. The molecule has 0 amide bonds. The molecule has 0 fully saturated rings. The lowest BCUT2D eigenvalue weighted by Crippen LogP contribution is -2.27. The Kier molecular flexibility index (Phi) is 5.61. The van der Waals surface area contributed by atoms with Gasteiger partial charge in [0.1, 0.15) is 0 Å². The van der Waals surface area contributed by atoms with Gasteiger partial charge in [-0.1, -0.05) is 39.8 Å². The Morgan fingerprint density at radius 1 is 1.00 bits per heavy atom. The van der Waals surface area contributed by atoms with Crippen LogP contribution in [-0.4, -0.2) is 6.54 Å². The van der Waals surface area contributed by atoms with Crippen LogP contribution in [0.15, 0.2) is 12.1 Å². The molecule has 0 spiro atoms. The summed E-state index contributed by atoms with van der Waals surface area (Å²) < 4.78 is 0. The van der Waals surface area contributed by atoms with E-state index in [4.69, 9.17) is 0 Å². The molecule has 1 aromatic carbocycles. The SMILES string of the molecule is CCCNC(CC(C)(C)C)c1cc(C)c(C)cc1C. The number of nitrogens with one attached hydrogen (secondary N) is 1. The maximum absolute atomic E-state index is 3.73. The van der Waals surface area contributed by atoms with Crippen molar-refractivity contribution in [1.29, 1.82) is 0 Å². The van der Waals surface area contributed by atoms with E-state index >= 15 is 0 Å². The van der Waals surface area contributed by atoms with Crippen molar-refractivity contribution >= 4 is 0 Å². The summed E-state index contributed by atoms with van der Waals surface area (Å²) in [6.45, 7) is 16.9. The second-order valence-electron chi connectivity index (χ2n) is 7.06. The van der Waals surface area contributed by atoms with Crippen LogP contribution < -0.4 is 5.32 Å². The number of hydrogen-bond donors (Lipinski definition) is 1. The minimum atomic E-state index is 0.344. The van der Waals surface area contributed by atoms with Gasteiger partial charge in [0.25, 0.3) is 0 Å². The van der Waals surface area contributed by atoms with Crippen LogP contribution in [0.4, 0.5) is 0 Å². The van der Waals surface area contributed by atoms with Crippen LogP contribution in [0.3, 0.4) is 0 Å². The Hall–Kier alpha value is -0.820. The zero-order valence-corrected chi connectivity index (χ0v) is 13.9. The molecule has 1 nitrogen and oxygen atoms in total. The fourth-order valence-electron chi connectivity index (χ4n) is 2.58. The summed E-state index contributed by atoms with van der Waals surface area (Å²) in [6, 6.07) is 5.18. The minimum absolute atomic E-state index is 0.344. The molecule has 0 bridgehead atoms. The fraction of sp³-hybridized carbons (Fsp3) is 0.667. The summed E-state index contributed by atoms with van der Waals surface area (Å²) in [6.07, 6.45) is 2.36. The van der Waals surface area contributed by atoms with Crippen LogP contribution >= 0.6 is 0 Å². The Balaban J connectivity index is 3.06. The molecule has 108 valence electrons. The second kappa shape index (κ2) is 6.56. The summed E-state index contributed by atoms with van der Waals surface area (Å²) in [5.41, 5.74) is 6.04. The van der Waals surface area contributed by atoms with E-state index in [1.54, 1.807) is 0 Å². The van der Waals surface area contributed by atoms with Gasteiger partial charge in [0, 0.05) is 6.04 Å². The van der Waals surface area contributed by atoms with Crippen LogP contribution in [0.2, 0.25) is 0 Å². The summed E-state index contributed by atoms with van der Waals surface area (Å²) in [5, 5.41) is 3.73. The molecule has 0 aliphatic rings. The molecule has 1 rings (SSSR count). The molecule has 1 unspecified atom stereocenters. The lowest BCUT2D eigenvalue weighted by atomic mass is 9.83. The van der Waals surface area contributed by atoms with Crippen molar-refractivity contribution in [2.75, 3.05) is 6.54 Å². The highest BCUT2D eigenvalue weighted by atomic mass is 14.9. The van der Waals surface area contributed by atoms with Gasteiger partial charge >= 0.3 is 0 Å². The monoisotopic (exact) mass is 261 g/mol. The molecular weight excluding hydrogens is 230 g/mol. The van der Waals surface area contributed by atoms with Crippen molar-refractivity contribution in [2.24, 2.45) is 5.41 Å². The molecule has 0 heterocycles. The van der Waals surface area contributed by atoms with Gasteiger partial charge in [0.2, 0.25) is 0 Å². The van der Waals surface area contributed by atoms with E-state index in [-0.39, 0.29) is 0 Å². The Morgan fingerprint density at radius 3 is 2.11 bits per heavy atom. The summed E-state index contributed by atoms with van der Waals surface area (Å²) in [4.78, 5) is 0. The molecule has 1 aromatic rings. The molecule has 0 saturated carbocycles. The van der Waals surface area contributed by atoms with Gasteiger partial charge in [-0.2, -0.15) is 0 Å². The largest absolute Gasteiger partial charge is 0.310 e. The number of rotatable bonds is 5. The van der Waals surface area contributed by atoms with Crippen molar-refractivity contribution in [2.45, 2.75) is 67.3 Å². The van der Waals surface area contributed by atoms with Crippen molar-refractivity contribution in [1.82, 2.24) is 5.32 Å². The molecule has 1 atom stereocenters. The molecule has 1 heteroatoms. The average molecular weight is 261 g/mol. The third kappa shape index (κ3) is 4.99. The quantitative estimate of drug-likeness (QED) is 0.778. The highest BCUT2D eigenvalue weighted by molar-refractivity contribution is 5.38. The second-order valence-corrected chi connectivity index (χ2v) is 7.06. The van der Waals surface area contributed by atoms with Gasteiger partial charge in [0.05, 0.1) is 0 Å². The van der Waals surface area contributed by atoms with E-state index in [0.29, 0.717) is 11.5 Å². The average Bonchev–Trinajstić information content (AvgIpc) is 2.28.